The van der Waals surface area contributed by atoms with Crippen molar-refractivity contribution in [2.75, 3.05) is 39.3 Å². The molecule has 0 saturated carbocycles. The van der Waals surface area contributed by atoms with Crippen LogP contribution >= 0.6 is 0 Å². The van der Waals surface area contributed by atoms with E-state index in [1.165, 1.54) is 12.9 Å². The average Bonchev–Trinajstić information content (AvgIpc) is 3.26. The van der Waals surface area contributed by atoms with Gasteiger partial charge in [-0.05, 0) is 103 Å². The fourth-order valence-corrected chi connectivity index (χ4v) is 14.9. The lowest BCUT2D eigenvalue weighted by atomic mass is 9.89. The van der Waals surface area contributed by atoms with Crippen LogP contribution in [0.25, 0.3) is 0 Å². The molecule has 0 spiro atoms. The highest BCUT2D eigenvalue weighted by molar-refractivity contribution is 7.89. The quantitative estimate of drug-likeness (QED) is 0.140. The number of benzene rings is 3. The topological polar surface area (TPSA) is 112 Å². The molecular weight excluding hydrogens is 919 g/mol. The van der Waals surface area contributed by atoms with Crippen molar-refractivity contribution < 1.29 is 25.3 Å². The lowest BCUT2D eigenvalue weighted by Gasteiger charge is -2.28. The molecule has 0 aliphatic carbocycles. The molecule has 1 heterocycles. The number of hydrogen-bond acceptors (Lipinski definition) is 6. The summed E-state index contributed by atoms with van der Waals surface area (Å²) in [5.74, 6) is 0.0345. The van der Waals surface area contributed by atoms with Gasteiger partial charge >= 0.3 is 0 Å². The molecular formula is C57H87N3O6S3. The standard InChI is InChI=1S/C57H87N3O6S3/c1-37(2)46-31-49(40(7)8)55(50(32-46)41(9)10)67(61,62)58-25-19-21-27-59(68(63,64)56-51(42(11)12)33-47(38(3)4)34-52(56)43(13)14)29-23-24-30-60(28-22-20-26-58)69(65,66)57-53(44(15)16)35-48(39(5)6)36-54(57)45(17)18/h19-24,31-45H,25-30H2,1-18H3/b21-19+,22-20+,24-23+. The summed E-state index contributed by atoms with van der Waals surface area (Å²) in [7, 11) is -12.5. The van der Waals surface area contributed by atoms with Crippen molar-refractivity contribution in [3.8, 4) is 0 Å². The Balaban J connectivity index is 2.02. The molecule has 9 nitrogen and oxygen atoms in total. The molecule has 384 valence electrons. The van der Waals surface area contributed by atoms with Crippen LogP contribution in [-0.2, 0) is 30.1 Å². The van der Waals surface area contributed by atoms with Crippen molar-refractivity contribution in [1.29, 1.82) is 0 Å². The molecule has 0 unspecified atom stereocenters. The van der Waals surface area contributed by atoms with Gasteiger partial charge < -0.3 is 0 Å². The molecule has 0 fully saturated rings. The van der Waals surface area contributed by atoms with Crippen molar-refractivity contribution >= 4 is 30.1 Å². The predicted molar refractivity (Wildman–Crippen MR) is 290 cm³/mol. The summed E-state index contributed by atoms with van der Waals surface area (Å²) in [6.45, 7) is 36.7. The molecule has 1 aliphatic rings. The zero-order valence-corrected chi connectivity index (χ0v) is 47.8. The number of nitrogens with zero attached hydrogens (tertiary/aromatic N) is 3. The Kier molecular flexibility index (Phi) is 20.1. The summed E-state index contributed by atoms with van der Waals surface area (Å²) < 4.78 is 96.2. The van der Waals surface area contributed by atoms with E-state index in [1.807, 2.05) is 119 Å². The van der Waals surface area contributed by atoms with E-state index >= 15 is 25.3 Å². The SMILES string of the molecule is CC(C)c1cc(C(C)C)c(S(=O)(=O)N2C/C=C/CN(S(=O)(=O)c3c(C(C)C)cc(C(C)C)cc3C(C)C)C/C=C/CN(S(=O)(=O)c3c(C(C)C)cc(C(C)C)cc3C(C)C)C/C=C/C2)c(C(C)C)c1. The maximum atomic E-state index is 15.3. The minimum atomic E-state index is -4.17. The molecule has 0 saturated heterocycles. The first-order valence-corrected chi connectivity index (χ1v) is 29.8. The lowest BCUT2D eigenvalue weighted by Crippen LogP contribution is -2.34. The second kappa shape index (κ2) is 23.9. The van der Waals surface area contributed by atoms with Crippen LogP contribution in [0.1, 0.15) is 228 Å². The summed E-state index contributed by atoms with van der Waals surface area (Å²) in [6, 6.07) is 12.2. The molecule has 0 N–H and O–H groups in total. The van der Waals surface area contributed by atoms with Crippen LogP contribution in [0, 0.1) is 0 Å². The van der Waals surface area contributed by atoms with Gasteiger partial charge in [-0.2, -0.15) is 12.9 Å². The fourth-order valence-electron chi connectivity index (χ4n) is 8.91. The largest absolute Gasteiger partial charge is 0.244 e. The van der Waals surface area contributed by atoms with E-state index in [2.05, 4.69) is 41.5 Å². The van der Waals surface area contributed by atoms with E-state index in [9.17, 15) is 0 Å². The summed E-state index contributed by atoms with van der Waals surface area (Å²) in [4.78, 5) is 0.899. The van der Waals surface area contributed by atoms with Gasteiger partial charge in [0.25, 0.3) is 0 Å². The highest BCUT2D eigenvalue weighted by Crippen LogP contribution is 2.40. The van der Waals surface area contributed by atoms with Gasteiger partial charge in [-0.15, -0.1) is 0 Å². The van der Waals surface area contributed by atoms with Crippen molar-refractivity contribution in [2.45, 2.75) is 193 Å². The van der Waals surface area contributed by atoms with Gasteiger partial charge in [-0.3, -0.25) is 0 Å². The molecule has 0 radical (unpaired) electrons. The monoisotopic (exact) mass is 1010 g/mol. The Hall–Kier alpha value is -3.39. The second-order valence-corrected chi connectivity index (χ2v) is 27.5. The molecule has 1 aliphatic heterocycles. The summed E-state index contributed by atoms with van der Waals surface area (Å²) in [5, 5.41) is 0. The normalized spacial score (nSPS) is 17.6. The molecule has 0 amide bonds. The van der Waals surface area contributed by atoms with Crippen molar-refractivity contribution in [1.82, 2.24) is 12.9 Å². The Morgan fingerprint density at radius 1 is 0.275 bits per heavy atom. The lowest BCUT2D eigenvalue weighted by molar-refractivity contribution is 0.462. The van der Waals surface area contributed by atoms with Gasteiger partial charge in [-0.25, -0.2) is 25.3 Å². The third kappa shape index (κ3) is 13.4. The summed E-state index contributed by atoms with van der Waals surface area (Å²) in [6.07, 6.45) is 10.5. The van der Waals surface area contributed by atoms with Gasteiger partial charge in [0.1, 0.15) is 0 Å². The number of hydrogen-bond donors (Lipinski definition) is 0. The maximum Gasteiger partial charge on any atom is 0.244 e. The molecule has 69 heavy (non-hydrogen) atoms. The number of rotatable bonds is 15. The van der Waals surface area contributed by atoms with E-state index < -0.39 is 30.1 Å². The fraction of sp³-hybridized carbons (Fsp3) is 0.579. The predicted octanol–water partition coefficient (Wildman–Crippen LogP) is 13.9. The van der Waals surface area contributed by atoms with Gasteiger partial charge in [-0.1, -0.05) is 197 Å². The zero-order valence-electron chi connectivity index (χ0n) is 45.4. The van der Waals surface area contributed by atoms with Crippen LogP contribution in [0.15, 0.2) is 87.5 Å². The molecule has 3 aromatic carbocycles. The third-order valence-electron chi connectivity index (χ3n) is 13.4. The highest BCUT2D eigenvalue weighted by Gasteiger charge is 2.35. The van der Waals surface area contributed by atoms with Crippen LogP contribution in [-0.4, -0.2) is 77.4 Å². The van der Waals surface area contributed by atoms with Crippen LogP contribution in [0.4, 0.5) is 0 Å². The van der Waals surface area contributed by atoms with E-state index in [0.29, 0.717) is 14.7 Å². The van der Waals surface area contributed by atoms with Crippen molar-refractivity contribution in [3.05, 3.63) is 123 Å². The van der Waals surface area contributed by atoms with Crippen LogP contribution in [0.5, 0.6) is 0 Å². The Morgan fingerprint density at radius 3 is 0.536 bits per heavy atom. The molecule has 12 heteroatoms. The van der Waals surface area contributed by atoms with Crippen LogP contribution in [0.3, 0.4) is 0 Å². The van der Waals surface area contributed by atoms with Gasteiger partial charge in [0, 0.05) is 39.3 Å². The van der Waals surface area contributed by atoms with E-state index in [1.54, 1.807) is 36.5 Å². The Morgan fingerprint density at radius 2 is 0.420 bits per heavy atom. The second-order valence-electron chi connectivity index (χ2n) is 21.9. The molecule has 0 aromatic heterocycles. The van der Waals surface area contributed by atoms with Gasteiger partial charge in [0.2, 0.25) is 30.1 Å². The minimum Gasteiger partial charge on any atom is -0.207 e. The first kappa shape index (κ1) is 58.2. The summed E-state index contributed by atoms with van der Waals surface area (Å²) in [5.41, 5.74) is 7.76. The smallest absolute Gasteiger partial charge is 0.207 e. The van der Waals surface area contributed by atoms with Crippen LogP contribution < -0.4 is 0 Å². The third-order valence-corrected chi connectivity index (χ3v) is 19.3. The Labute approximate surface area is 420 Å². The highest BCUT2D eigenvalue weighted by atomic mass is 32.2. The zero-order chi connectivity index (χ0) is 52.1. The first-order chi connectivity index (χ1) is 32.0. The molecule has 3 aromatic rings. The van der Waals surface area contributed by atoms with Crippen molar-refractivity contribution in [2.24, 2.45) is 0 Å². The number of sulfonamides is 3. The van der Waals surface area contributed by atoms with Crippen LogP contribution in [0.2, 0.25) is 0 Å². The molecule has 4 rings (SSSR count). The average molecular weight is 1010 g/mol. The molecule has 0 atom stereocenters. The van der Waals surface area contributed by atoms with E-state index in [-0.39, 0.29) is 92.5 Å². The van der Waals surface area contributed by atoms with E-state index in [0.717, 1.165) is 50.1 Å². The Bertz CT molecular complexity index is 2280. The molecule has 0 bridgehead atoms. The minimum absolute atomic E-state index is 0.0330. The van der Waals surface area contributed by atoms with Gasteiger partial charge in [0.15, 0.2) is 0 Å². The maximum absolute atomic E-state index is 15.3. The van der Waals surface area contributed by atoms with Crippen molar-refractivity contribution in [3.63, 3.8) is 0 Å². The van der Waals surface area contributed by atoms with Gasteiger partial charge in [0.05, 0.1) is 14.7 Å². The first-order valence-electron chi connectivity index (χ1n) is 25.5. The summed E-state index contributed by atoms with van der Waals surface area (Å²) >= 11 is 0. The van der Waals surface area contributed by atoms with E-state index in [4.69, 9.17) is 0 Å².